The number of thiazole rings is 1. The summed E-state index contributed by atoms with van der Waals surface area (Å²) < 4.78 is 48.9. The van der Waals surface area contributed by atoms with Gasteiger partial charge in [0.25, 0.3) is 10.0 Å². The lowest BCUT2D eigenvalue weighted by atomic mass is 9.89. The number of nitrogens with one attached hydrogen (secondary N) is 1. The van der Waals surface area contributed by atoms with Crippen LogP contribution >= 0.6 is 11.3 Å². The first-order valence-electron chi connectivity index (χ1n) is 10.7. The number of halogens is 1. The van der Waals surface area contributed by atoms with E-state index in [1.807, 2.05) is 18.2 Å². The van der Waals surface area contributed by atoms with Crippen molar-refractivity contribution in [3.63, 3.8) is 0 Å². The first-order chi connectivity index (χ1) is 15.5. The Hall–Kier alpha value is -2.49. The van der Waals surface area contributed by atoms with E-state index in [-0.39, 0.29) is 17.2 Å². The molecule has 32 heavy (non-hydrogen) atoms. The Morgan fingerprint density at radius 3 is 2.75 bits per heavy atom. The fourth-order valence-electron chi connectivity index (χ4n) is 4.73. The minimum atomic E-state index is -4.11. The standard InChI is InChI=1S/C23H24FN3O3S2/c24-18-14-17-20(27-11-5-4-8-19(27)16-6-2-1-3-7-16)9-12-30-21(17)15-22(18)32(28,29)26-23-25-10-13-31-23/h1-3,6-7,10,13-15,19-20H,4-5,8-9,11-12H2,(H,25,26)/t19-,20?/m0/s1. The van der Waals surface area contributed by atoms with Crippen LogP contribution in [0.3, 0.4) is 0 Å². The second-order valence-electron chi connectivity index (χ2n) is 8.08. The van der Waals surface area contributed by atoms with Crippen LogP contribution in [0.15, 0.2) is 58.9 Å². The Labute approximate surface area is 191 Å². The van der Waals surface area contributed by atoms with Gasteiger partial charge in [-0.05, 0) is 31.0 Å². The van der Waals surface area contributed by atoms with Gasteiger partial charge in [-0.25, -0.2) is 17.8 Å². The summed E-state index contributed by atoms with van der Waals surface area (Å²) in [5.41, 5.74) is 1.97. The molecule has 2 aromatic carbocycles. The maximum atomic E-state index is 15.2. The lowest BCUT2D eigenvalue weighted by molar-refractivity contribution is 0.0665. The quantitative estimate of drug-likeness (QED) is 0.556. The summed E-state index contributed by atoms with van der Waals surface area (Å²) in [5.74, 6) is -0.351. The molecule has 0 radical (unpaired) electrons. The molecule has 5 rings (SSSR count). The van der Waals surface area contributed by atoms with Crippen LogP contribution in [0.2, 0.25) is 0 Å². The summed E-state index contributed by atoms with van der Waals surface area (Å²) in [7, 11) is -4.11. The highest BCUT2D eigenvalue weighted by Gasteiger charge is 2.35. The predicted octanol–water partition coefficient (Wildman–Crippen LogP) is 5.13. The zero-order chi connectivity index (χ0) is 22.1. The van der Waals surface area contributed by atoms with Crippen molar-refractivity contribution in [1.29, 1.82) is 0 Å². The molecule has 0 amide bonds. The summed E-state index contributed by atoms with van der Waals surface area (Å²) in [6.07, 6.45) is 5.51. The SMILES string of the molecule is O=S(=O)(Nc1nccs1)c1cc2c(cc1F)C(N1CCCC[C@H]1c1ccccc1)CCO2. The van der Waals surface area contributed by atoms with Crippen LogP contribution in [-0.2, 0) is 10.0 Å². The lowest BCUT2D eigenvalue weighted by Crippen LogP contribution is -2.39. The van der Waals surface area contributed by atoms with Crippen LogP contribution in [0.4, 0.5) is 9.52 Å². The van der Waals surface area contributed by atoms with Gasteiger partial charge in [0.1, 0.15) is 16.5 Å². The number of nitrogens with zero attached hydrogens (tertiary/aromatic N) is 2. The van der Waals surface area contributed by atoms with Gasteiger partial charge in [0, 0.05) is 41.7 Å². The average molecular weight is 474 g/mol. The number of anilines is 1. The van der Waals surface area contributed by atoms with Gasteiger partial charge in [-0.15, -0.1) is 11.3 Å². The number of fused-ring (bicyclic) bond motifs is 1. The van der Waals surface area contributed by atoms with Crippen molar-refractivity contribution < 1.29 is 17.5 Å². The molecular weight excluding hydrogens is 449 g/mol. The fraction of sp³-hybridized carbons (Fsp3) is 0.348. The van der Waals surface area contributed by atoms with Gasteiger partial charge >= 0.3 is 0 Å². The fourth-order valence-corrected chi connectivity index (χ4v) is 6.59. The Bertz CT molecular complexity index is 1190. The number of rotatable bonds is 5. The third-order valence-electron chi connectivity index (χ3n) is 6.14. The van der Waals surface area contributed by atoms with Gasteiger partial charge < -0.3 is 4.74 Å². The highest BCUT2D eigenvalue weighted by molar-refractivity contribution is 7.93. The maximum Gasteiger partial charge on any atom is 0.266 e. The van der Waals surface area contributed by atoms with E-state index in [4.69, 9.17) is 4.74 Å². The molecule has 2 atom stereocenters. The minimum Gasteiger partial charge on any atom is -0.493 e. The molecule has 0 spiro atoms. The van der Waals surface area contributed by atoms with Crippen LogP contribution < -0.4 is 9.46 Å². The van der Waals surface area contributed by atoms with Crippen LogP contribution in [0, 0.1) is 5.82 Å². The molecule has 1 aromatic heterocycles. The van der Waals surface area contributed by atoms with Crippen LogP contribution in [0.25, 0.3) is 0 Å². The van der Waals surface area contributed by atoms with Crippen molar-refractivity contribution in [3.8, 4) is 5.75 Å². The molecule has 1 fully saturated rings. The zero-order valence-electron chi connectivity index (χ0n) is 17.4. The monoisotopic (exact) mass is 473 g/mol. The summed E-state index contributed by atoms with van der Waals surface area (Å²) in [4.78, 5) is 5.93. The molecule has 1 saturated heterocycles. The van der Waals surface area contributed by atoms with Gasteiger partial charge in [-0.3, -0.25) is 9.62 Å². The second-order valence-corrected chi connectivity index (χ2v) is 10.6. The summed E-state index contributed by atoms with van der Waals surface area (Å²) >= 11 is 1.13. The molecule has 0 bridgehead atoms. The summed E-state index contributed by atoms with van der Waals surface area (Å²) in [5, 5.41) is 1.84. The normalized spacial score (nSPS) is 21.5. The van der Waals surface area contributed by atoms with E-state index in [0.717, 1.165) is 43.6 Å². The van der Waals surface area contributed by atoms with E-state index >= 15 is 4.39 Å². The number of ether oxygens (including phenoxy) is 1. The zero-order valence-corrected chi connectivity index (χ0v) is 19.0. The molecule has 2 aliphatic heterocycles. The molecule has 9 heteroatoms. The molecule has 1 N–H and O–H groups in total. The highest BCUT2D eigenvalue weighted by Crippen LogP contribution is 2.44. The Kier molecular flexibility index (Phi) is 5.88. The number of benzene rings is 2. The molecule has 3 heterocycles. The molecule has 3 aromatic rings. The molecule has 0 saturated carbocycles. The first-order valence-corrected chi connectivity index (χ1v) is 13.1. The van der Waals surface area contributed by atoms with Crippen LogP contribution in [0.5, 0.6) is 5.75 Å². The Morgan fingerprint density at radius 2 is 1.97 bits per heavy atom. The van der Waals surface area contributed by atoms with E-state index in [2.05, 4.69) is 26.7 Å². The third kappa shape index (κ3) is 4.12. The van der Waals surface area contributed by atoms with E-state index < -0.39 is 20.7 Å². The van der Waals surface area contributed by atoms with Gasteiger partial charge in [0.15, 0.2) is 5.13 Å². The van der Waals surface area contributed by atoms with Crippen molar-refractivity contribution in [3.05, 3.63) is 71.0 Å². The third-order valence-corrected chi connectivity index (χ3v) is 8.32. The molecular formula is C23H24FN3O3S2. The molecule has 0 aliphatic carbocycles. The number of likely N-dealkylation sites (tertiary alicyclic amines) is 1. The number of sulfonamides is 1. The summed E-state index contributed by atoms with van der Waals surface area (Å²) in [6, 6.07) is 13.3. The second kappa shape index (κ2) is 8.80. The Balaban J connectivity index is 1.49. The predicted molar refractivity (Wildman–Crippen MR) is 122 cm³/mol. The van der Waals surface area contributed by atoms with E-state index in [1.54, 1.807) is 5.38 Å². The lowest BCUT2D eigenvalue weighted by Gasteiger charge is -2.43. The molecule has 1 unspecified atom stereocenters. The number of hydrogen-bond acceptors (Lipinski definition) is 6. The van der Waals surface area contributed by atoms with Gasteiger partial charge in [0.2, 0.25) is 0 Å². The first kappa shape index (κ1) is 21.4. The van der Waals surface area contributed by atoms with Gasteiger partial charge in [-0.2, -0.15) is 0 Å². The topological polar surface area (TPSA) is 71.5 Å². The molecule has 6 nitrogen and oxygen atoms in total. The van der Waals surface area contributed by atoms with Crippen molar-refractivity contribution in [2.24, 2.45) is 0 Å². The van der Waals surface area contributed by atoms with Crippen molar-refractivity contribution in [2.75, 3.05) is 17.9 Å². The van der Waals surface area contributed by atoms with Crippen molar-refractivity contribution >= 4 is 26.5 Å². The molecule has 2 aliphatic rings. The summed E-state index contributed by atoms with van der Waals surface area (Å²) in [6.45, 7) is 1.37. The van der Waals surface area contributed by atoms with Gasteiger partial charge in [0.05, 0.1) is 6.61 Å². The highest BCUT2D eigenvalue weighted by atomic mass is 32.2. The van der Waals surface area contributed by atoms with Crippen molar-refractivity contribution in [2.45, 2.75) is 42.7 Å². The number of hydrogen-bond donors (Lipinski definition) is 1. The maximum absolute atomic E-state index is 15.2. The largest absolute Gasteiger partial charge is 0.493 e. The van der Waals surface area contributed by atoms with Crippen molar-refractivity contribution in [1.82, 2.24) is 9.88 Å². The Morgan fingerprint density at radius 1 is 1.12 bits per heavy atom. The number of aromatic nitrogens is 1. The van der Waals surface area contributed by atoms with Gasteiger partial charge in [-0.1, -0.05) is 36.8 Å². The smallest absolute Gasteiger partial charge is 0.266 e. The van der Waals surface area contributed by atoms with E-state index in [0.29, 0.717) is 17.9 Å². The van der Waals surface area contributed by atoms with Crippen LogP contribution in [-0.4, -0.2) is 31.5 Å². The molecule has 168 valence electrons. The minimum absolute atomic E-state index is 0.0255. The number of piperidine rings is 1. The van der Waals surface area contributed by atoms with E-state index in [9.17, 15) is 8.42 Å². The van der Waals surface area contributed by atoms with E-state index in [1.165, 1.54) is 23.9 Å². The van der Waals surface area contributed by atoms with Crippen LogP contribution in [0.1, 0.15) is 48.9 Å². The average Bonchev–Trinajstić information content (AvgIpc) is 3.31.